The molecule has 1 N–H and O–H groups in total. The highest BCUT2D eigenvalue weighted by Gasteiger charge is 2.56. The summed E-state index contributed by atoms with van der Waals surface area (Å²) in [5.74, 6) is 0.318. The summed E-state index contributed by atoms with van der Waals surface area (Å²) in [4.78, 5) is 0. The average Bonchev–Trinajstić information content (AvgIpc) is 3.77. The van der Waals surface area contributed by atoms with Crippen LogP contribution in [0.2, 0.25) is 5.04 Å². The monoisotopic (exact) mass is 643 g/mol. The van der Waals surface area contributed by atoms with E-state index in [2.05, 4.69) is 124 Å². The molecule has 1 fully saturated rings. The molecule has 0 saturated heterocycles. The molecule has 5 aromatic carbocycles. The summed E-state index contributed by atoms with van der Waals surface area (Å²) in [6.07, 6.45) is 1.99. The predicted molar refractivity (Wildman–Crippen MR) is 196 cm³/mol. The van der Waals surface area contributed by atoms with Crippen LogP contribution in [0.5, 0.6) is 0 Å². The minimum Gasteiger partial charge on any atom is -0.407 e. The first-order valence-corrected chi connectivity index (χ1v) is 20.1. The first-order valence-electron chi connectivity index (χ1n) is 16.5. The summed E-state index contributed by atoms with van der Waals surface area (Å²) >= 11 is 0. The summed E-state index contributed by atoms with van der Waals surface area (Å²) in [7, 11) is -5.77. The van der Waals surface area contributed by atoms with Crippen molar-refractivity contribution >= 4 is 36.6 Å². The number of nitrogens with one attached hydrogen (secondary N) is 1. The molecular weight excluding hydrogens is 598 g/mol. The Balaban J connectivity index is 1.30. The maximum Gasteiger partial charge on any atom is 0.261 e. The van der Waals surface area contributed by atoms with Gasteiger partial charge in [-0.2, -0.15) is 0 Å². The van der Waals surface area contributed by atoms with Crippen molar-refractivity contribution in [1.82, 2.24) is 5.09 Å². The molecule has 0 unspecified atom stereocenters. The van der Waals surface area contributed by atoms with Crippen molar-refractivity contribution in [3.05, 3.63) is 157 Å². The molecule has 5 aromatic rings. The van der Waals surface area contributed by atoms with E-state index in [1.165, 1.54) is 15.9 Å². The Bertz CT molecular complexity index is 1660. The number of rotatable bonds is 12. The maximum absolute atomic E-state index is 15.2. The molecule has 0 bridgehead atoms. The zero-order chi connectivity index (χ0) is 32.3. The fourth-order valence-corrected chi connectivity index (χ4v) is 14.3. The Morgan fingerprint density at radius 1 is 0.717 bits per heavy atom. The third-order valence-corrected chi connectivity index (χ3v) is 17.7. The van der Waals surface area contributed by atoms with Crippen LogP contribution >= 0.6 is 7.29 Å². The summed E-state index contributed by atoms with van der Waals surface area (Å²) < 4.78 is 22.5. The van der Waals surface area contributed by atoms with E-state index in [0.717, 1.165) is 23.5 Å². The lowest BCUT2D eigenvalue weighted by atomic mass is 9.94. The van der Waals surface area contributed by atoms with Crippen LogP contribution in [-0.2, 0) is 8.99 Å². The highest BCUT2D eigenvalue weighted by atomic mass is 31.2. The largest absolute Gasteiger partial charge is 0.407 e. The van der Waals surface area contributed by atoms with E-state index in [4.69, 9.17) is 4.43 Å². The van der Waals surface area contributed by atoms with Gasteiger partial charge < -0.3 is 4.43 Å². The molecule has 0 heterocycles. The first-order chi connectivity index (χ1) is 22.2. The standard InChI is InChI=1S/C41H46NO2PSi/c1-40(2,3)46(36-26-16-8-17-27-36,37-28-18-9-19-29-37)44-31-30-41(4)32-38(41)39(33-20-10-5-11-21-33)42-45(43,34-22-12-6-13-23-34)35-24-14-7-15-25-35/h5-29,38-39H,30-32H2,1-4H3,(H,42,43)/t38-,39+,41+/m0/s1. The van der Waals surface area contributed by atoms with Gasteiger partial charge in [0.25, 0.3) is 8.32 Å². The molecule has 0 aromatic heterocycles. The van der Waals surface area contributed by atoms with Crippen LogP contribution < -0.4 is 26.1 Å². The second-order valence-electron chi connectivity index (χ2n) is 14.0. The van der Waals surface area contributed by atoms with Gasteiger partial charge in [-0.05, 0) is 69.4 Å². The highest BCUT2D eigenvalue weighted by molar-refractivity contribution is 7.76. The first kappa shape index (κ1) is 32.4. The van der Waals surface area contributed by atoms with E-state index in [1.807, 2.05) is 60.7 Å². The van der Waals surface area contributed by atoms with E-state index < -0.39 is 15.6 Å². The minimum atomic E-state index is -3.14. The van der Waals surface area contributed by atoms with Gasteiger partial charge in [0.15, 0.2) is 0 Å². The summed E-state index contributed by atoms with van der Waals surface area (Å²) in [5, 5.41) is 8.02. The Hall–Kier alpha value is -3.53. The van der Waals surface area contributed by atoms with Crippen LogP contribution in [0.4, 0.5) is 0 Å². The maximum atomic E-state index is 15.2. The molecular formula is C41H46NO2PSi. The smallest absolute Gasteiger partial charge is 0.261 e. The predicted octanol–water partition coefficient (Wildman–Crippen LogP) is 8.24. The van der Waals surface area contributed by atoms with Gasteiger partial charge in [-0.3, -0.25) is 9.65 Å². The van der Waals surface area contributed by atoms with E-state index in [1.54, 1.807) is 0 Å². The van der Waals surface area contributed by atoms with Gasteiger partial charge in [0.1, 0.15) is 0 Å². The Morgan fingerprint density at radius 3 is 1.57 bits per heavy atom. The minimum absolute atomic E-state index is 0.0527. The van der Waals surface area contributed by atoms with E-state index in [-0.39, 0.29) is 16.5 Å². The SMILES string of the molecule is CC(C)(C)[Si](OCC[C@]1(C)C[C@H]1[C@H](NP(=O)(c1ccccc1)c1ccccc1)c1ccccc1)(c1ccccc1)c1ccccc1. The molecule has 1 aliphatic carbocycles. The lowest BCUT2D eigenvalue weighted by Crippen LogP contribution is -2.66. The molecule has 46 heavy (non-hydrogen) atoms. The fraction of sp³-hybridized carbons (Fsp3) is 0.268. The van der Waals surface area contributed by atoms with Gasteiger partial charge in [-0.1, -0.05) is 155 Å². The van der Waals surface area contributed by atoms with Gasteiger partial charge >= 0.3 is 0 Å². The molecule has 0 amide bonds. The molecule has 5 heteroatoms. The summed E-state index contributed by atoms with van der Waals surface area (Å²) in [6.45, 7) is 10.1. The van der Waals surface area contributed by atoms with E-state index >= 15 is 4.57 Å². The third kappa shape index (κ3) is 6.37. The van der Waals surface area contributed by atoms with Gasteiger partial charge in [0.2, 0.25) is 7.29 Å². The van der Waals surface area contributed by atoms with Crippen molar-refractivity contribution < 1.29 is 8.99 Å². The van der Waals surface area contributed by atoms with Crippen molar-refractivity contribution in [2.75, 3.05) is 6.61 Å². The summed E-state index contributed by atoms with van der Waals surface area (Å²) in [6, 6.07) is 52.1. The van der Waals surface area contributed by atoms with Crippen molar-refractivity contribution in [3.8, 4) is 0 Å². The van der Waals surface area contributed by atoms with Crippen LogP contribution in [0.15, 0.2) is 152 Å². The van der Waals surface area contributed by atoms with Gasteiger partial charge in [-0.25, -0.2) is 0 Å². The van der Waals surface area contributed by atoms with Crippen LogP contribution in [0, 0.1) is 11.3 Å². The fourth-order valence-electron chi connectivity index (χ4n) is 7.28. The lowest BCUT2D eigenvalue weighted by Gasteiger charge is -2.43. The number of hydrogen-bond donors (Lipinski definition) is 1. The topological polar surface area (TPSA) is 38.3 Å². The van der Waals surface area contributed by atoms with Crippen LogP contribution in [0.3, 0.4) is 0 Å². The molecule has 0 spiro atoms. The summed E-state index contributed by atoms with van der Waals surface area (Å²) in [5.41, 5.74) is 1.23. The van der Waals surface area contributed by atoms with E-state index in [0.29, 0.717) is 12.5 Å². The molecule has 0 radical (unpaired) electrons. The van der Waals surface area contributed by atoms with E-state index in [9.17, 15) is 0 Å². The molecule has 6 rings (SSSR count). The van der Waals surface area contributed by atoms with Crippen LogP contribution in [-0.4, -0.2) is 14.9 Å². The number of benzene rings is 5. The normalized spacial score (nSPS) is 19.0. The molecule has 236 valence electrons. The van der Waals surface area contributed by atoms with Crippen molar-refractivity contribution in [2.45, 2.75) is 51.6 Å². The van der Waals surface area contributed by atoms with Crippen molar-refractivity contribution in [3.63, 3.8) is 0 Å². The Labute approximate surface area is 276 Å². The molecule has 0 aliphatic heterocycles. The van der Waals surface area contributed by atoms with Gasteiger partial charge in [0.05, 0.1) is 0 Å². The van der Waals surface area contributed by atoms with Crippen LogP contribution in [0.1, 0.15) is 52.1 Å². The van der Waals surface area contributed by atoms with Gasteiger partial charge in [-0.15, -0.1) is 0 Å². The molecule has 3 nitrogen and oxygen atoms in total. The lowest BCUT2D eigenvalue weighted by molar-refractivity contribution is 0.250. The molecule has 1 saturated carbocycles. The zero-order valence-electron chi connectivity index (χ0n) is 27.5. The second-order valence-corrected chi connectivity index (χ2v) is 20.8. The number of hydrogen-bond acceptors (Lipinski definition) is 2. The van der Waals surface area contributed by atoms with Crippen molar-refractivity contribution in [1.29, 1.82) is 0 Å². The second kappa shape index (κ2) is 13.3. The van der Waals surface area contributed by atoms with Crippen LogP contribution in [0.25, 0.3) is 0 Å². The Kier molecular flexibility index (Phi) is 9.37. The Morgan fingerprint density at radius 2 is 1.13 bits per heavy atom. The molecule has 3 atom stereocenters. The quantitative estimate of drug-likeness (QED) is 0.110. The zero-order valence-corrected chi connectivity index (χ0v) is 29.4. The highest BCUT2D eigenvalue weighted by Crippen LogP contribution is 2.62. The average molecular weight is 644 g/mol. The molecule has 1 aliphatic rings. The van der Waals surface area contributed by atoms with Crippen molar-refractivity contribution in [2.24, 2.45) is 11.3 Å². The van der Waals surface area contributed by atoms with Gasteiger partial charge in [0, 0.05) is 23.3 Å². The third-order valence-electron chi connectivity index (χ3n) is 9.95.